The molecule has 1 saturated heterocycles. The number of hydrogen-bond acceptors (Lipinski definition) is 1. The molecule has 2 aliphatic carbocycles. The third-order valence-electron chi connectivity index (χ3n) is 7.57. The Labute approximate surface area is 131 Å². The van der Waals surface area contributed by atoms with Crippen molar-refractivity contribution in [2.75, 3.05) is 0 Å². The Morgan fingerprint density at radius 2 is 1.57 bits per heavy atom. The average Bonchev–Trinajstić information content (AvgIpc) is 2.36. The Hall–Kier alpha value is -0.300. The summed E-state index contributed by atoms with van der Waals surface area (Å²) < 4.78 is 6.68. The largest absolute Gasteiger partial charge is 0.365 e. The van der Waals surface area contributed by atoms with Crippen LogP contribution in [-0.4, -0.2) is 11.2 Å². The Balaban J connectivity index is 1.94. The normalized spacial score (nSPS) is 52.6. The maximum absolute atomic E-state index is 6.68. The summed E-state index contributed by atoms with van der Waals surface area (Å²) in [6, 6.07) is 0. The van der Waals surface area contributed by atoms with Gasteiger partial charge in [0.2, 0.25) is 0 Å². The first-order valence-electron chi connectivity index (χ1n) is 8.99. The van der Waals surface area contributed by atoms with Gasteiger partial charge in [0, 0.05) is 0 Å². The first-order chi connectivity index (χ1) is 9.65. The van der Waals surface area contributed by atoms with Crippen LogP contribution in [0.25, 0.3) is 0 Å². The Kier molecular flexibility index (Phi) is 3.41. The fraction of sp³-hybridized carbons (Fsp3) is 0.900. The molecule has 0 aromatic carbocycles. The third kappa shape index (κ3) is 2.22. The zero-order chi connectivity index (χ0) is 15.5. The number of rotatable bonds is 1. The zero-order valence-electron chi connectivity index (χ0n) is 14.8. The van der Waals surface area contributed by atoms with E-state index in [9.17, 15) is 0 Å². The molecule has 120 valence electrons. The lowest BCUT2D eigenvalue weighted by atomic mass is 9.44. The highest BCUT2D eigenvalue weighted by Crippen LogP contribution is 2.65. The highest BCUT2D eigenvalue weighted by molar-refractivity contribution is 5.12. The van der Waals surface area contributed by atoms with Crippen LogP contribution in [0.5, 0.6) is 0 Å². The van der Waals surface area contributed by atoms with Crippen molar-refractivity contribution in [2.24, 2.45) is 22.7 Å². The van der Waals surface area contributed by atoms with E-state index in [1.807, 2.05) is 6.08 Å². The molecular weight excluding hydrogens is 256 g/mol. The summed E-state index contributed by atoms with van der Waals surface area (Å²) in [5.41, 5.74) is 0.920. The molecular formula is C20H34O. The molecule has 3 rings (SSSR count). The molecule has 2 saturated carbocycles. The van der Waals surface area contributed by atoms with E-state index in [2.05, 4.69) is 41.2 Å². The van der Waals surface area contributed by atoms with Crippen molar-refractivity contribution in [3.8, 4) is 0 Å². The molecule has 3 fully saturated rings. The maximum atomic E-state index is 6.68. The van der Waals surface area contributed by atoms with Crippen molar-refractivity contribution in [1.82, 2.24) is 0 Å². The van der Waals surface area contributed by atoms with E-state index in [4.69, 9.17) is 4.74 Å². The molecule has 1 heteroatoms. The van der Waals surface area contributed by atoms with Gasteiger partial charge >= 0.3 is 0 Å². The van der Waals surface area contributed by atoms with Crippen molar-refractivity contribution in [1.29, 1.82) is 0 Å². The molecule has 1 aliphatic heterocycles. The summed E-state index contributed by atoms with van der Waals surface area (Å²) in [4.78, 5) is 0. The molecule has 0 N–H and O–H groups in total. The molecule has 0 aromatic rings. The van der Waals surface area contributed by atoms with Crippen molar-refractivity contribution < 1.29 is 4.74 Å². The van der Waals surface area contributed by atoms with Gasteiger partial charge in [-0.1, -0.05) is 33.3 Å². The minimum atomic E-state index is -0.112. The van der Waals surface area contributed by atoms with Crippen LogP contribution in [0.3, 0.4) is 0 Å². The monoisotopic (exact) mass is 290 g/mol. The first-order valence-corrected chi connectivity index (χ1v) is 8.99. The molecule has 3 aliphatic rings. The molecule has 0 radical (unpaired) electrons. The molecule has 0 bridgehead atoms. The Morgan fingerprint density at radius 1 is 0.905 bits per heavy atom. The van der Waals surface area contributed by atoms with Crippen LogP contribution < -0.4 is 0 Å². The van der Waals surface area contributed by atoms with E-state index < -0.39 is 0 Å². The average molecular weight is 290 g/mol. The van der Waals surface area contributed by atoms with Crippen molar-refractivity contribution in [3.63, 3.8) is 0 Å². The Morgan fingerprint density at radius 3 is 2.24 bits per heavy atom. The predicted molar refractivity (Wildman–Crippen MR) is 89.3 cm³/mol. The minimum absolute atomic E-state index is 0.0554. The van der Waals surface area contributed by atoms with Crippen LogP contribution in [0, 0.1) is 22.7 Å². The molecule has 5 atom stereocenters. The summed E-state index contributed by atoms with van der Waals surface area (Å²) in [6.45, 7) is 16.2. The van der Waals surface area contributed by atoms with Gasteiger partial charge in [-0.25, -0.2) is 0 Å². The van der Waals surface area contributed by atoms with Crippen LogP contribution in [-0.2, 0) is 4.74 Å². The van der Waals surface area contributed by atoms with Gasteiger partial charge in [-0.3, -0.25) is 0 Å². The number of hydrogen-bond donors (Lipinski definition) is 0. The molecule has 0 aromatic heterocycles. The lowest BCUT2D eigenvalue weighted by Crippen LogP contribution is -2.62. The summed E-state index contributed by atoms with van der Waals surface area (Å²) in [5, 5.41) is 0. The SMILES string of the molecule is C=C[C@]1(C)CC[C@@H]2[C@@]3(C)CCCC(C)(C)[C@@H]3CC[C@]2(C)O1. The number of fused-ring (bicyclic) bond motifs is 3. The molecule has 1 heterocycles. The van der Waals surface area contributed by atoms with Gasteiger partial charge in [0.05, 0.1) is 11.2 Å². The van der Waals surface area contributed by atoms with Crippen molar-refractivity contribution >= 4 is 0 Å². The van der Waals surface area contributed by atoms with E-state index in [1.165, 1.54) is 38.5 Å². The molecule has 21 heavy (non-hydrogen) atoms. The van der Waals surface area contributed by atoms with Gasteiger partial charge in [0.15, 0.2) is 0 Å². The molecule has 0 unspecified atom stereocenters. The highest BCUT2D eigenvalue weighted by Gasteiger charge is 2.61. The van der Waals surface area contributed by atoms with E-state index in [-0.39, 0.29) is 11.2 Å². The summed E-state index contributed by atoms with van der Waals surface area (Å²) in [6.07, 6.45) is 11.2. The Bertz CT molecular complexity index is 439. The number of ether oxygens (including phenoxy) is 1. The fourth-order valence-electron chi connectivity index (χ4n) is 6.52. The smallest absolute Gasteiger partial charge is 0.0839 e. The zero-order valence-corrected chi connectivity index (χ0v) is 14.8. The van der Waals surface area contributed by atoms with Crippen molar-refractivity contribution in [3.05, 3.63) is 12.7 Å². The van der Waals surface area contributed by atoms with Crippen LogP contribution in [0.15, 0.2) is 12.7 Å². The standard InChI is InChI=1S/C20H34O/c1-7-18(4)13-9-16-19(5)12-8-11-17(2,3)15(19)10-14-20(16,6)21-18/h7,15-16H,1,8-14H2,2-6H3/t15-,16+,18+,19-,20-/m0/s1. The third-order valence-corrected chi connectivity index (χ3v) is 7.57. The van der Waals surface area contributed by atoms with Gasteiger partial charge in [-0.05, 0) is 75.0 Å². The van der Waals surface area contributed by atoms with Crippen LogP contribution >= 0.6 is 0 Å². The minimum Gasteiger partial charge on any atom is -0.365 e. The highest BCUT2D eigenvalue weighted by atomic mass is 16.5. The van der Waals surface area contributed by atoms with Gasteiger partial charge in [0.1, 0.15) is 0 Å². The van der Waals surface area contributed by atoms with Gasteiger partial charge in [-0.2, -0.15) is 0 Å². The fourth-order valence-corrected chi connectivity index (χ4v) is 6.52. The lowest BCUT2D eigenvalue weighted by Gasteiger charge is -2.65. The topological polar surface area (TPSA) is 9.23 Å². The second kappa shape index (κ2) is 4.60. The quantitative estimate of drug-likeness (QED) is 0.559. The molecule has 1 nitrogen and oxygen atoms in total. The van der Waals surface area contributed by atoms with Crippen LogP contribution in [0.1, 0.15) is 79.6 Å². The predicted octanol–water partition coefficient (Wildman–Crippen LogP) is 5.74. The first kappa shape index (κ1) is 15.6. The lowest BCUT2D eigenvalue weighted by molar-refractivity contribution is -0.252. The molecule has 0 amide bonds. The summed E-state index contributed by atoms with van der Waals surface area (Å²) in [5.74, 6) is 1.59. The van der Waals surface area contributed by atoms with Gasteiger partial charge < -0.3 is 4.74 Å². The van der Waals surface area contributed by atoms with E-state index in [0.29, 0.717) is 10.8 Å². The van der Waals surface area contributed by atoms with Gasteiger partial charge in [0.25, 0.3) is 0 Å². The van der Waals surface area contributed by atoms with E-state index in [1.54, 1.807) is 0 Å². The summed E-state index contributed by atoms with van der Waals surface area (Å²) in [7, 11) is 0. The van der Waals surface area contributed by atoms with E-state index >= 15 is 0 Å². The van der Waals surface area contributed by atoms with Gasteiger partial charge in [-0.15, -0.1) is 6.58 Å². The van der Waals surface area contributed by atoms with Crippen LogP contribution in [0.4, 0.5) is 0 Å². The second-order valence-corrected chi connectivity index (χ2v) is 9.46. The van der Waals surface area contributed by atoms with E-state index in [0.717, 1.165) is 18.3 Å². The van der Waals surface area contributed by atoms with Crippen LogP contribution in [0.2, 0.25) is 0 Å². The molecule has 0 spiro atoms. The maximum Gasteiger partial charge on any atom is 0.0839 e. The second-order valence-electron chi connectivity index (χ2n) is 9.46. The summed E-state index contributed by atoms with van der Waals surface area (Å²) >= 11 is 0. The van der Waals surface area contributed by atoms with Crippen molar-refractivity contribution in [2.45, 2.75) is 90.8 Å².